The summed E-state index contributed by atoms with van der Waals surface area (Å²) < 4.78 is 8.36. The van der Waals surface area contributed by atoms with Gasteiger partial charge >= 0.3 is 0 Å². The van der Waals surface area contributed by atoms with E-state index in [0.29, 0.717) is 5.75 Å². The Morgan fingerprint density at radius 3 is 2.73 bits per heavy atom. The van der Waals surface area contributed by atoms with E-state index in [0.717, 1.165) is 53.8 Å². The van der Waals surface area contributed by atoms with Gasteiger partial charge in [0.25, 0.3) is 0 Å². The molecule has 1 N–H and O–H groups in total. The summed E-state index contributed by atoms with van der Waals surface area (Å²) in [6.07, 6.45) is 6.62. The molecule has 0 saturated carbocycles. The third-order valence-corrected chi connectivity index (χ3v) is 5.02. The quantitative estimate of drug-likeness (QED) is 0.940. The van der Waals surface area contributed by atoms with Crippen molar-refractivity contribution in [2.45, 2.75) is 59.1 Å². The molecule has 0 saturated heterocycles. The second kappa shape index (κ2) is 5.34. The predicted molar refractivity (Wildman–Crippen MR) is 86.5 cm³/mol. The maximum atomic E-state index is 10.2. The molecule has 3 rings (SSSR count). The van der Waals surface area contributed by atoms with Crippen molar-refractivity contribution >= 4 is 0 Å². The number of nitrogens with zero attached hydrogens (tertiary/aromatic N) is 2. The smallest absolute Gasteiger partial charge is 0.127 e. The summed E-state index contributed by atoms with van der Waals surface area (Å²) in [5, 5.41) is 14.5. The molecular formula is C18H24N2O2. The van der Waals surface area contributed by atoms with Crippen molar-refractivity contribution < 1.29 is 9.84 Å². The van der Waals surface area contributed by atoms with Gasteiger partial charge < -0.3 is 9.84 Å². The molecule has 1 atom stereocenters. The lowest BCUT2D eigenvalue weighted by Gasteiger charge is -2.38. The SMILES string of the molecule is Cc1c(C)c2c(c(C)c1O)CCC(C)(CCn1cccn1)O2. The number of rotatable bonds is 3. The van der Waals surface area contributed by atoms with Crippen molar-refractivity contribution in [2.24, 2.45) is 0 Å². The van der Waals surface area contributed by atoms with Gasteiger partial charge in [-0.15, -0.1) is 0 Å². The summed E-state index contributed by atoms with van der Waals surface area (Å²) >= 11 is 0. The van der Waals surface area contributed by atoms with Crippen LogP contribution in [0.2, 0.25) is 0 Å². The third kappa shape index (κ3) is 2.47. The van der Waals surface area contributed by atoms with E-state index in [1.807, 2.05) is 37.7 Å². The summed E-state index contributed by atoms with van der Waals surface area (Å²) in [5.41, 5.74) is 3.93. The van der Waals surface area contributed by atoms with Gasteiger partial charge in [0.05, 0.1) is 0 Å². The van der Waals surface area contributed by atoms with Crippen LogP contribution in [-0.4, -0.2) is 20.5 Å². The Balaban J connectivity index is 1.86. The highest BCUT2D eigenvalue weighted by Gasteiger charge is 2.34. The fourth-order valence-corrected chi connectivity index (χ4v) is 3.25. The van der Waals surface area contributed by atoms with Crippen molar-refractivity contribution in [3.63, 3.8) is 0 Å². The second-order valence-corrected chi connectivity index (χ2v) is 6.60. The standard InChI is InChI=1S/C18H24N2O2/c1-12-13(2)17-15(14(3)16(12)21)6-7-18(4,22-17)8-11-20-10-5-9-19-20/h5,9-10,21H,6-8,11H2,1-4H3. The van der Waals surface area contributed by atoms with Gasteiger partial charge in [-0.3, -0.25) is 4.68 Å². The van der Waals surface area contributed by atoms with Crippen LogP contribution in [0.4, 0.5) is 0 Å². The highest BCUT2D eigenvalue weighted by molar-refractivity contribution is 5.58. The number of hydrogen-bond donors (Lipinski definition) is 1. The topological polar surface area (TPSA) is 47.3 Å². The maximum absolute atomic E-state index is 10.2. The number of ether oxygens (including phenoxy) is 1. The number of phenols is 1. The van der Waals surface area contributed by atoms with Crippen molar-refractivity contribution in [2.75, 3.05) is 0 Å². The average molecular weight is 300 g/mol. The van der Waals surface area contributed by atoms with E-state index < -0.39 is 0 Å². The van der Waals surface area contributed by atoms with Gasteiger partial charge in [-0.25, -0.2) is 0 Å². The molecule has 0 amide bonds. The van der Waals surface area contributed by atoms with Crippen LogP contribution >= 0.6 is 0 Å². The van der Waals surface area contributed by atoms with E-state index in [2.05, 4.69) is 12.0 Å². The van der Waals surface area contributed by atoms with Crippen LogP contribution in [0.3, 0.4) is 0 Å². The Hall–Kier alpha value is -1.97. The first-order valence-corrected chi connectivity index (χ1v) is 7.89. The van der Waals surface area contributed by atoms with Crippen LogP contribution in [0.1, 0.15) is 42.0 Å². The zero-order valence-electron chi connectivity index (χ0n) is 13.8. The summed E-state index contributed by atoms with van der Waals surface area (Å²) in [4.78, 5) is 0. The lowest BCUT2D eigenvalue weighted by atomic mass is 9.85. The molecule has 0 fully saturated rings. The van der Waals surface area contributed by atoms with Gasteiger partial charge in [0.2, 0.25) is 0 Å². The molecule has 4 nitrogen and oxygen atoms in total. The van der Waals surface area contributed by atoms with Gasteiger partial charge in [0.15, 0.2) is 0 Å². The van der Waals surface area contributed by atoms with Crippen molar-refractivity contribution in [3.8, 4) is 11.5 Å². The molecule has 1 unspecified atom stereocenters. The minimum Gasteiger partial charge on any atom is -0.507 e. The van der Waals surface area contributed by atoms with Crippen LogP contribution in [0.5, 0.6) is 11.5 Å². The largest absolute Gasteiger partial charge is 0.507 e. The van der Waals surface area contributed by atoms with Gasteiger partial charge in [0.1, 0.15) is 17.1 Å². The first kappa shape index (κ1) is 14.9. The molecule has 0 radical (unpaired) electrons. The first-order chi connectivity index (χ1) is 10.4. The van der Waals surface area contributed by atoms with E-state index >= 15 is 0 Å². The molecule has 0 bridgehead atoms. The number of phenolic OH excluding ortho intramolecular Hbond substituents is 1. The molecule has 0 aliphatic carbocycles. The number of fused-ring (bicyclic) bond motifs is 1. The summed E-state index contributed by atoms with van der Waals surface area (Å²) in [6, 6.07) is 1.94. The zero-order chi connectivity index (χ0) is 15.9. The number of aromatic nitrogens is 2. The molecule has 4 heteroatoms. The molecule has 1 aromatic heterocycles. The Morgan fingerprint density at radius 1 is 1.27 bits per heavy atom. The maximum Gasteiger partial charge on any atom is 0.127 e. The Morgan fingerprint density at radius 2 is 2.05 bits per heavy atom. The Bertz CT molecular complexity index is 692. The van der Waals surface area contributed by atoms with Crippen molar-refractivity contribution in [1.29, 1.82) is 0 Å². The normalized spacial score (nSPS) is 20.5. The van der Waals surface area contributed by atoms with Crippen LogP contribution in [-0.2, 0) is 13.0 Å². The lowest BCUT2D eigenvalue weighted by molar-refractivity contribution is 0.0495. The molecule has 0 spiro atoms. The van der Waals surface area contributed by atoms with Crippen molar-refractivity contribution in [3.05, 3.63) is 40.7 Å². The summed E-state index contributed by atoms with van der Waals surface area (Å²) in [5.74, 6) is 1.39. The van der Waals surface area contributed by atoms with Crippen molar-refractivity contribution in [1.82, 2.24) is 9.78 Å². The van der Waals surface area contributed by atoms with Crippen LogP contribution < -0.4 is 4.74 Å². The minimum absolute atomic E-state index is 0.181. The molecule has 2 aromatic rings. The first-order valence-electron chi connectivity index (χ1n) is 7.89. The van der Waals surface area contributed by atoms with Crippen LogP contribution in [0, 0.1) is 20.8 Å². The van der Waals surface area contributed by atoms with Gasteiger partial charge in [0, 0.05) is 30.9 Å². The fourth-order valence-electron chi connectivity index (χ4n) is 3.25. The predicted octanol–water partition coefficient (Wildman–Crippen LogP) is 3.69. The number of aryl methyl sites for hydroxylation is 1. The molecule has 1 aliphatic heterocycles. The van der Waals surface area contributed by atoms with E-state index in [9.17, 15) is 5.11 Å². The highest BCUT2D eigenvalue weighted by atomic mass is 16.5. The molecule has 1 aromatic carbocycles. The number of aromatic hydroxyl groups is 1. The Labute approximate surface area is 131 Å². The average Bonchev–Trinajstić information content (AvgIpc) is 3.02. The minimum atomic E-state index is -0.181. The third-order valence-electron chi connectivity index (χ3n) is 5.02. The van der Waals surface area contributed by atoms with Crippen LogP contribution in [0.15, 0.2) is 18.5 Å². The number of benzene rings is 1. The molecule has 118 valence electrons. The van der Waals surface area contributed by atoms with E-state index in [1.165, 1.54) is 0 Å². The fraction of sp³-hybridized carbons (Fsp3) is 0.500. The van der Waals surface area contributed by atoms with E-state index in [-0.39, 0.29) is 5.60 Å². The zero-order valence-corrected chi connectivity index (χ0v) is 13.8. The molecule has 22 heavy (non-hydrogen) atoms. The van der Waals surface area contributed by atoms with Gasteiger partial charge in [-0.1, -0.05) is 0 Å². The monoisotopic (exact) mass is 300 g/mol. The number of hydrogen-bond acceptors (Lipinski definition) is 3. The highest BCUT2D eigenvalue weighted by Crippen LogP contribution is 2.44. The second-order valence-electron chi connectivity index (χ2n) is 6.60. The summed E-state index contributed by atoms with van der Waals surface area (Å²) in [7, 11) is 0. The van der Waals surface area contributed by atoms with Gasteiger partial charge in [-0.05, 0) is 63.3 Å². The molecular weight excluding hydrogens is 276 g/mol. The van der Waals surface area contributed by atoms with Crippen LogP contribution in [0.25, 0.3) is 0 Å². The summed E-state index contributed by atoms with van der Waals surface area (Å²) in [6.45, 7) is 9.00. The molecule has 1 aliphatic rings. The van der Waals surface area contributed by atoms with E-state index in [1.54, 1.807) is 6.20 Å². The lowest BCUT2D eigenvalue weighted by Crippen LogP contribution is -2.38. The van der Waals surface area contributed by atoms with Gasteiger partial charge in [-0.2, -0.15) is 5.10 Å². The molecule has 2 heterocycles. The van der Waals surface area contributed by atoms with E-state index in [4.69, 9.17) is 4.74 Å². The Kier molecular flexibility index (Phi) is 3.63.